The molecule has 0 spiro atoms. The number of hydrogen-bond acceptors (Lipinski definition) is 7. The van der Waals surface area contributed by atoms with Crippen molar-refractivity contribution < 1.29 is 23.6 Å². The highest BCUT2D eigenvalue weighted by molar-refractivity contribution is 7.13. The summed E-state index contributed by atoms with van der Waals surface area (Å²) in [5, 5.41) is 13.5. The number of hydrogen-bond donors (Lipinski definition) is 1. The highest BCUT2D eigenvalue weighted by atomic mass is 32.1. The van der Waals surface area contributed by atoms with Gasteiger partial charge in [-0.2, -0.15) is 0 Å². The number of thiazole rings is 1. The zero-order valence-electron chi connectivity index (χ0n) is 12.7. The van der Waals surface area contributed by atoms with E-state index >= 15 is 0 Å². The van der Waals surface area contributed by atoms with Gasteiger partial charge < -0.3 is 10.1 Å². The molecule has 0 aliphatic heterocycles. The fourth-order valence-electron chi connectivity index (χ4n) is 1.83. The number of aryl methyl sites for hydroxylation is 2. The van der Waals surface area contributed by atoms with Crippen LogP contribution in [-0.4, -0.2) is 28.4 Å². The molecule has 0 saturated heterocycles. The third-order valence-electron chi connectivity index (χ3n) is 2.86. The number of non-ortho nitro benzene ring substituents is 1. The number of nitro benzene ring substituents is 1. The number of benzene rings is 1. The Balaban J connectivity index is 1.99. The molecule has 10 heteroatoms. The molecule has 0 bridgehead atoms. The average Bonchev–Trinajstić information content (AvgIpc) is 2.85. The minimum Gasteiger partial charge on any atom is -0.451 e. The quantitative estimate of drug-likeness (QED) is 0.502. The fraction of sp³-hybridized carbons (Fsp3) is 0.214. The second kappa shape index (κ2) is 7.13. The molecule has 24 heavy (non-hydrogen) atoms. The second-order valence-corrected chi connectivity index (χ2v) is 5.90. The van der Waals surface area contributed by atoms with Crippen LogP contribution in [-0.2, 0) is 9.53 Å². The Kier molecular flexibility index (Phi) is 5.19. The lowest BCUT2D eigenvalue weighted by Crippen LogP contribution is -2.21. The van der Waals surface area contributed by atoms with Crippen molar-refractivity contribution in [1.82, 2.24) is 4.98 Å². The van der Waals surface area contributed by atoms with E-state index in [-0.39, 0.29) is 16.3 Å². The lowest BCUT2D eigenvalue weighted by Gasteiger charge is -2.07. The Morgan fingerprint density at radius 3 is 2.71 bits per heavy atom. The third kappa shape index (κ3) is 4.10. The number of esters is 1. The first-order chi connectivity index (χ1) is 11.3. The Morgan fingerprint density at radius 2 is 2.12 bits per heavy atom. The number of rotatable bonds is 5. The third-order valence-corrected chi connectivity index (χ3v) is 3.91. The van der Waals surface area contributed by atoms with Gasteiger partial charge in [-0.25, -0.2) is 14.2 Å². The monoisotopic (exact) mass is 353 g/mol. The van der Waals surface area contributed by atoms with Crippen LogP contribution in [0.3, 0.4) is 0 Å². The number of halogens is 1. The molecule has 1 aromatic heterocycles. The van der Waals surface area contributed by atoms with Gasteiger partial charge in [0.1, 0.15) is 10.7 Å². The molecular formula is C14H12FN3O5S. The van der Waals surface area contributed by atoms with Crippen LogP contribution in [0.5, 0.6) is 0 Å². The largest absolute Gasteiger partial charge is 0.451 e. The van der Waals surface area contributed by atoms with Crippen LogP contribution in [0, 0.1) is 29.8 Å². The van der Waals surface area contributed by atoms with Gasteiger partial charge >= 0.3 is 5.97 Å². The zero-order chi connectivity index (χ0) is 17.9. The van der Waals surface area contributed by atoms with Gasteiger partial charge in [0.05, 0.1) is 21.3 Å². The standard InChI is InChI=1S/C14H12FN3O5S/c1-7-13(24-8(2)16-7)14(20)23-6-12(19)17-11-5-9(18(21)22)3-4-10(11)15/h3-5H,6H2,1-2H3,(H,17,19). The van der Waals surface area contributed by atoms with E-state index in [9.17, 15) is 24.1 Å². The molecule has 0 radical (unpaired) electrons. The SMILES string of the molecule is Cc1nc(C)c(C(=O)OCC(=O)Nc2cc([N+](=O)[O-])ccc2F)s1. The summed E-state index contributed by atoms with van der Waals surface area (Å²) in [7, 11) is 0. The molecule has 1 amide bonds. The first-order valence-corrected chi connectivity index (χ1v) is 7.44. The number of carbonyl (C=O) groups excluding carboxylic acids is 2. The number of ether oxygens (including phenoxy) is 1. The highest BCUT2D eigenvalue weighted by Crippen LogP contribution is 2.21. The molecule has 0 atom stereocenters. The molecule has 1 heterocycles. The van der Waals surface area contributed by atoms with Gasteiger partial charge in [0, 0.05) is 12.1 Å². The molecule has 1 N–H and O–H groups in total. The summed E-state index contributed by atoms with van der Waals surface area (Å²) in [6.07, 6.45) is 0. The Hall–Kier alpha value is -2.88. The summed E-state index contributed by atoms with van der Waals surface area (Å²) in [4.78, 5) is 37.9. The number of nitrogens with one attached hydrogen (secondary N) is 1. The van der Waals surface area contributed by atoms with Gasteiger partial charge in [-0.1, -0.05) is 0 Å². The average molecular weight is 353 g/mol. The van der Waals surface area contributed by atoms with E-state index in [2.05, 4.69) is 10.3 Å². The maximum atomic E-state index is 13.6. The molecule has 1 aromatic carbocycles. The fourth-order valence-corrected chi connectivity index (χ4v) is 2.64. The van der Waals surface area contributed by atoms with E-state index in [0.29, 0.717) is 10.7 Å². The van der Waals surface area contributed by atoms with Crippen molar-refractivity contribution in [2.24, 2.45) is 0 Å². The molecular weight excluding hydrogens is 341 g/mol. The molecule has 2 aromatic rings. The normalized spacial score (nSPS) is 10.3. The molecule has 0 aliphatic rings. The molecule has 0 unspecified atom stereocenters. The Morgan fingerprint density at radius 1 is 1.42 bits per heavy atom. The van der Waals surface area contributed by atoms with E-state index in [1.54, 1.807) is 13.8 Å². The van der Waals surface area contributed by atoms with Crippen LogP contribution >= 0.6 is 11.3 Å². The zero-order valence-corrected chi connectivity index (χ0v) is 13.5. The number of carbonyl (C=O) groups is 2. The van der Waals surface area contributed by atoms with Crippen molar-refractivity contribution in [3.8, 4) is 0 Å². The van der Waals surface area contributed by atoms with Crippen molar-refractivity contribution in [3.05, 3.63) is 49.7 Å². The predicted octanol–water partition coefficient (Wildman–Crippen LogP) is 2.60. The van der Waals surface area contributed by atoms with Gasteiger partial charge in [0.2, 0.25) is 0 Å². The molecule has 0 fully saturated rings. The summed E-state index contributed by atoms with van der Waals surface area (Å²) in [5.74, 6) is -2.37. The van der Waals surface area contributed by atoms with Crippen molar-refractivity contribution in [2.75, 3.05) is 11.9 Å². The number of nitrogens with zero attached hydrogens (tertiary/aromatic N) is 2. The van der Waals surface area contributed by atoms with Crippen LogP contribution in [0.25, 0.3) is 0 Å². The molecule has 2 rings (SSSR count). The van der Waals surface area contributed by atoms with Crippen LogP contribution in [0.2, 0.25) is 0 Å². The van der Waals surface area contributed by atoms with E-state index < -0.39 is 29.2 Å². The Bertz CT molecular complexity index is 821. The van der Waals surface area contributed by atoms with Crippen molar-refractivity contribution >= 4 is 34.6 Å². The number of amides is 1. The molecule has 0 aliphatic carbocycles. The number of anilines is 1. The smallest absolute Gasteiger partial charge is 0.350 e. The summed E-state index contributed by atoms with van der Waals surface area (Å²) in [6, 6.07) is 2.72. The van der Waals surface area contributed by atoms with Crippen LogP contribution in [0.4, 0.5) is 15.8 Å². The van der Waals surface area contributed by atoms with Crippen LogP contribution in [0.15, 0.2) is 18.2 Å². The maximum Gasteiger partial charge on any atom is 0.350 e. The molecule has 0 saturated carbocycles. The maximum absolute atomic E-state index is 13.6. The van der Waals surface area contributed by atoms with Gasteiger partial charge in [0.25, 0.3) is 11.6 Å². The summed E-state index contributed by atoms with van der Waals surface area (Å²) >= 11 is 1.13. The van der Waals surface area contributed by atoms with E-state index in [4.69, 9.17) is 4.74 Å². The minimum atomic E-state index is -0.839. The lowest BCUT2D eigenvalue weighted by molar-refractivity contribution is -0.384. The van der Waals surface area contributed by atoms with Crippen molar-refractivity contribution in [3.63, 3.8) is 0 Å². The van der Waals surface area contributed by atoms with Crippen LogP contribution < -0.4 is 5.32 Å². The van der Waals surface area contributed by atoms with Crippen molar-refractivity contribution in [2.45, 2.75) is 13.8 Å². The summed E-state index contributed by atoms with van der Waals surface area (Å²) in [6.45, 7) is 2.71. The van der Waals surface area contributed by atoms with Gasteiger partial charge in [-0.15, -0.1) is 11.3 Å². The first kappa shape index (κ1) is 17.5. The van der Waals surface area contributed by atoms with E-state index in [1.807, 2.05) is 0 Å². The van der Waals surface area contributed by atoms with Gasteiger partial charge in [-0.05, 0) is 19.9 Å². The number of nitro groups is 1. The van der Waals surface area contributed by atoms with Crippen LogP contribution in [0.1, 0.15) is 20.4 Å². The first-order valence-electron chi connectivity index (χ1n) is 6.63. The van der Waals surface area contributed by atoms with Crippen molar-refractivity contribution in [1.29, 1.82) is 0 Å². The Labute approximate surface area is 139 Å². The molecule has 126 valence electrons. The summed E-state index contributed by atoms with van der Waals surface area (Å²) < 4.78 is 18.4. The topological polar surface area (TPSA) is 111 Å². The minimum absolute atomic E-state index is 0.279. The van der Waals surface area contributed by atoms with Gasteiger partial charge in [0.15, 0.2) is 6.61 Å². The van der Waals surface area contributed by atoms with E-state index in [1.165, 1.54) is 0 Å². The number of aromatic nitrogens is 1. The molecule has 8 nitrogen and oxygen atoms in total. The van der Waals surface area contributed by atoms with Gasteiger partial charge in [-0.3, -0.25) is 14.9 Å². The highest BCUT2D eigenvalue weighted by Gasteiger charge is 2.18. The predicted molar refractivity (Wildman–Crippen MR) is 83.6 cm³/mol. The van der Waals surface area contributed by atoms with E-state index in [0.717, 1.165) is 29.5 Å². The summed E-state index contributed by atoms with van der Waals surface area (Å²) in [5.41, 5.74) is -0.248. The second-order valence-electron chi connectivity index (χ2n) is 4.69. The lowest BCUT2D eigenvalue weighted by atomic mass is 10.2.